The van der Waals surface area contributed by atoms with Crippen molar-refractivity contribution >= 4 is 44.5 Å². The van der Waals surface area contributed by atoms with Crippen molar-refractivity contribution in [3.05, 3.63) is 66.7 Å². The van der Waals surface area contributed by atoms with Gasteiger partial charge in [0.1, 0.15) is 0 Å². The summed E-state index contributed by atoms with van der Waals surface area (Å²) >= 11 is 1.84. The van der Waals surface area contributed by atoms with Crippen molar-refractivity contribution in [3.8, 4) is 11.1 Å². The van der Waals surface area contributed by atoms with Gasteiger partial charge in [0.2, 0.25) is 0 Å². The average molecular weight is 387 g/mol. The number of hydrogen-bond acceptors (Lipinski definition) is 3. The van der Waals surface area contributed by atoms with E-state index < -0.39 is 11.2 Å². The van der Waals surface area contributed by atoms with E-state index in [1.165, 1.54) is 31.3 Å². The number of fused-ring (bicyclic) bond motifs is 3. The van der Waals surface area contributed by atoms with Gasteiger partial charge in [-0.25, -0.2) is 0 Å². The highest BCUT2D eigenvalue weighted by atomic mass is 32.1. The summed E-state index contributed by atoms with van der Waals surface area (Å²) in [5.74, 6) is 0. The second-order valence-corrected chi connectivity index (χ2v) is 9.26. The summed E-state index contributed by atoms with van der Waals surface area (Å²) in [6.45, 7) is 7.30. The van der Waals surface area contributed by atoms with Gasteiger partial charge >= 0.3 is 7.48 Å². The molecule has 4 rings (SSSR count). The normalized spacial score (nSPS) is 12.6. The molecule has 0 atom stereocenters. The van der Waals surface area contributed by atoms with E-state index >= 15 is 0 Å². The Bertz CT molecular complexity index is 1120. The number of thiophene rings is 1. The van der Waals surface area contributed by atoms with Crippen molar-refractivity contribution in [2.75, 3.05) is 0 Å². The van der Waals surface area contributed by atoms with Gasteiger partial charge < -0.3 is 9.76 Å². The van der Waals surface area contributed by atoms with Crippen LogP contribution in [0.3, 0.4) is 0 Å². The van der Waals surface area contributed by atoms with Gasteiger partial charge in [-0.15, -0.1) is 11.3 Å². The molecule has 0 aliphatic carbocycles. The standard InChI is InChI=1S/C24H24BO2S/c1-23(2,26)24(3,4)27-25-17-14-12-16(13-15-17)18-9-7-10-20-19-8-5-6-11-21(19)28-22(18)20/h5-15,26H,1-4H3. The first-order valence-electron chi connectivity index (χ1n) is 9.50. The Kier molecular flexibility index (Phi) is 4.82. The van der Waals surface area contributed by atoms with Crippen LogP contribution in [-0.4, -0.2) is 23.8 Å². The fraction of sp³-hybridized carbons (Fsp3) is 0.250. The third kappa shape index (κ3) is 3.48. The van der Waals surface area contributed by atoms with Crippen molar-refractivity contribution in [3.63, 3.8) is 0 Å². The maximum atomic E-state index is 10.2. The summed E-state index contributed by atoms with van der Waals surface area (Å²) in [6, 6.07) is 23.5. The molecule has 0 amide bonds. The van der Waals surface area contributed by atoms with E-state index in [2.05, 4.69) is 66.7 Å². The minimum Gasteiger partial charge on any atom is -0.427 e. The highest BCUT2D eigenvalue weighted by Crippen LogP contribution is 2.39. The Hall–Kier alpha value is -2.14. The summed E-state index contributed by atoms with van der Waals surface area (Å²) in [4.78, 5) is 0. The third-order valence-corrected chi connectivity index (χ3v) is 6.81. The molecule has 0 spiro atoms. The van der Waals surface area contributed by atoms with Crippen molar-refractivity contribution in [1.82, 2.24) is 0 Å². The van der Waals surface area contributed by atoms with Crippen LogP contribution < -0.4 is 5.46 Å². The molecule has 3 aromatic carbocycles. The lowest BCUT2D eigenvalue weighted by atomic mass is 9.82. The Labute approximate surface area is 171 Å². The van der Waals surface area contributed by atoms with Crippen molar-refractivity contribution in [2.45, 2.75) is 38.9 Å². The van der Waals surface area contributed by atoms with Crippen LogP contribution in [0.2, 0.25) is 0 Å². The monoisotopic (exact) mass is 387 g/mol. The lowest BCUT2D eigenvalue weighted by Crippen LogP contribution is -2.49. The fourth-order valence-electron chi connectivity index (χ4n) is 3.08. The lowest BCUT2D eigenvalue weighted by molar-refractivity contribution is -0.0893. The number of benzene rings is 3. The Morgan fingerprint density at radius 2 is 1.50 bits per heavy atom. The minimum atomic E-state index is -0.930. The highest BCUT2D eigenvalue weighted by Gasteiger charge is 2.35. The maximum absolute atomic E-state index is 10.2. The Morgan fingerprint density at radius 1 is 0.821 bits per heavy atom. The first kappa shape index (κ1) is 19.2. The Morgan fingerprint density at radius 3 is 2.21 bits per heavy atom. The predicted molar refractivity (Wildman–Crippen MR) is 122 cm³/mol. The molecule has 4 aromatic rings. The van der Waals surface area contributed by atoms with Gasteiger partial charge in [-0.2, -0.15) is 0 Å². The topological polar surface area (TPSA) is 29.5 Å². The minimum absolute atomic E-state index is 0.672. The Balaban J connectivity index is 1.63. The van der Waals surface area contributed by atoms with Gasteiger partial charge in [0.25, 0.3) is 0 Å². The van der Waals surface area contributed by atoms with Crippen molar-refractivity contribution in [1.29, 1.82) is 0 Å². The van der Waals surface area contributed by atoms with Gasteiger partial charge in [0, 0.05) is 20.2 Å². The fourth-order valence-corrected chi connectivity index (χ4v) is 4.31. The quantitative estimate of drug-likeness (QED) is 0.456. The van der Waals surface area contributed by atoms with E-state index in [1.54, 1.807) is 21.3 Å². The van der Waals surface area contributed by atoms with E-state index in [4.69, 9.17) is 4.65 Å². The molecule has 1 aromatic heterocycles. The molecule has 0 aliphatic heterocycles. The molecule has 2 nitrogen and oxygen atoms in total. The van der Waals surface area contributed by atoms with Crippen LogP contribution in [0, 0.1) is 0 Å². The van der Waals surface area contributed by atoms with Gasteiger partial charge in [0.05, 0.1) is 11.2 Å². The molecule has 0 fully saturated rings. The lowest BCUT2D eigenvalue weighted by Gasteiger charge is -2.37. The molecule has 0 unspecified atom stereocenters. The summed E-state index contributed by atoms with van der Waals surface area (Å²) in [5.41, 5.74) is 1.82. The van der Waals surface area contributed by atoms with Crippen LogP contribution in [-0.2, 0) is 4.65 Å². The zero-order valence-corrected chi connectivity index (χ0v) is 17.5. The molecule has 28 heavy (non-hydrogen) atoms. The van der Waals surface area contributed by atoms with E-state index in [9.17, 15) is 5.11 Å². The summed E-state index contributed by atoms with van der Waals surface area (Å²) in [6.07, 6.45) is 0. The smallest absolute Gasteiger partial charge is 0.330 e. The second-order valence-electron chi connectivity index (χ2n) is 8.21. The summed E-state index contributed by atoms with van der Waals surface area (Å²) < 4.78 is 8.50. The molecule has 141 valence electrons. The van der Waals surface area contributed by atoms with Crippen LogP contribution in [0.25, 0.3) is 31.3 Å². The van der Waals surface area contributed by atoms with Crippen LogP contribution in [0.4, 0.5) is 0 Å². The predicted octanol–water partition coefficient (Wildman–Crippen LogP) is 5.53. The van der Waals surface area contributed by atoms with Gasteiger partial charge in [-0.05, 0) is 44.9 Å². The molecule has 4 heteroatoms. The zero-order valence-electron chi connectivity index (χ0n) is 16.7. The van der Waals surface area contributed by atoms with E-state index in [-0.39, 0.29) is 0 Å². The van der Waals surface area contributed by atoms with Crippen LogP contribution >= 0.6 is 11.3 Å². The summed E-state index contributed by atoms with van der Waals surface area (Å²) in [7, 11) is 1.72. The molecule has 0 bridgehead atoms. The van der Waals surface area contributed by atoms with E-state index in [0.29, 0.717) is 0 Å². The van der Waals surface area contributed by atoms with Crippen LogP contribution in [0.15, 0.2) is 66.7 Å². The van der Waals surface area contributed by atoms with E-state index in [1.807, 2.05) is 25.2 Å². The van der Waals surface area contributed by atoms with Crippen LogP contribution in [0.1, 0.15) is 27.7 Å². The largest absolute Gasteiger partial charge is 0.427 e. The number of rotatable bonds is 5. The van der Waals surface area contributed by atoms with Gasteiger partial charge in [-0.3, -0.25) is 0 Å². The van der Waals surface area contributed by atoms with Crippen molar-refractivity contribution < 1.29 is 9.76 Å². The molecule has 0 aliphatic rings. The molecule has 0 saturated heterocycles. The SMILES string of the molecule is CC(C)(O)C(C)(C)O[B]c1ccc(-c2cccc3c2sc2ccccc23)cc1. The first-order chi connectivity index (χ1) is 13.3. The van der Waals surface area contributed by atoms with Gasteiger partial charge in [0.15, 0.2) is 0 Å². The molecule has 1 N–H and O–H groups in total. The second kappa shape index (κ2) is 7.04. The number of hydrogen-bond donors (Lipinski definition) is 1. The maximum Gasteiger partial charge on any atom is 0.330 e. The first-order valence-corrected chi connectivity index (χ1v) is 10.3. The van der Waals surface area contributed by atoms with Crippen LogP contribution in [0.5, 0.6) is 0 Å². The number of aliphatic hydroxyl groups is 1. The highest BCUT2D eigenvalue weighted by molar-refractivity contribution is 7.26. The van der Waals surface area contributed by atoms with Crippen molar-refractivity contribution in [2.24, 2.45) is 0 Å². The molecule has 0 saturated carbocycles. The molecular weight excluding hydrogens is 363 g/mol. The zero-order chi connectivity index (χ0) is 19.9. The molecule has 1 heterocycles. The molecule has 1 radical (unpaired) electrons. The average Bonchev–Trinajstić information content (AvgIpc) is 3.05. The van der Waals surface area contributed by atoms with E-state index in [0.717, 1.165) is 5.46 Å². The molecular formula is C24H24BO2S. The third-order valence-electron chi connectivity index (χ3n) is 5.59. The van der Waals surface area contributed by atoms with Gasteiger partial charge in [-0.1, -0.05) is 66.1 Å². The summed E-state index contributed by atoms with van der Waals surface area (Å²) in [5, 5.41) is 12.9.